The summed E-state index contributed by atoms with van der Waals surface area (Å²) in [6.45, 7) is 7.51. The fourth-order valence-corrected chi connectivity index (χ4v) is 0.265. The first-order valence-electron chi connectivity index (χ1n) is 3.31. The van der Waals surface area contributed by atoms with Gasteiger partial charge in [0.1, 0.15) is 0 Å². The summed E-state index contributed by atoms with van der Waals surface area (Å²) in [6, 6.07) is 0. The molecule has 0 amide bonds. The van der Waals surface area contributed by atoms with E-state index in [1.807, 2.05) is 20.8 Å². The molecule has 0 aliphatic carbocycles. The first-order valence-corrected chi connectivity index (χ1v) is 3.31. The van der Waals surface area contributed by atoms with Crippen molar-refractivity contribution in [3.8, 4) is 0 Å². The lowest BCUT2D eigenvalue weighted by atomic mass is 10.2. The smallest absolute Gasteiger partial charge is 0.0515 e. The summed E-state index contributed by atoms with van der Waals surface area (Å²) in [6.07, 6.45) is 0.676. The Morgan fingerprint density at radius 3 is 1.56 bits per heavy atom. The minimum atomic E-state index is 0.377. The van der Waals surface area contributed by atoms with E-state index in [2.05, 4.69) is 0 Å². The number of hydrogen-bond acceptors (Lipinski definition) is 2. The van der Waals surface area contributed by atoms with Crippen LogP contribution in [-0.2, 0) is 0 Å². The van der Waals surface area contributed by atoms with Crippen LogP contribution in [-0.4, -0.2) is 11.4 Å². The van der Waals surface area contributed by atoms with Crippen molar-refractivity contribution in [3.05, 3.63) is 0 Å². The van der Waals surface area contributed by atoms with Gasteiger partial charge in [0.05, 0.1) is 5.71 Å². The van der Waals surface area contributed by atoms with Gasteiger partial charge in [-0.3, -0.25) is 0 Å². The first-order chi connectivity index (χ1) is 4.18. The Labute approximate surface area is 57.3 Å². The second-order valence-electron chi connectivity index (χ2n) is 1.46. The van der Waals surface area contributed by atoms with Crippen molar-refractivity contribution in [3.63, 3.8) is 0 Å². The van der Waals surface area contributed by atoms with Crippen LogP contribution in [0.1, 0.15) is 34.1 Å². The Kier molecular flexibility index (Phi) is 9.12. The molecule has 9 heavy (non-hydrogen) atoms. The van der Waals surface area contributed by atoms with Gasteiger partial charge in [-0.1, -0.05) is 20.8 Å². The van der Waals surface area contributed by atoms with Crippen LogP contribution in [0.25, 0.3) is 0 Å². The minimum absolute atomic E-state index is 0.377. The van der Waals surface area contributed by atoms with Crippen LogP contribution in [0.3, 0.4) is 0 Å². The van der Waals surface area contributed by atoms with E-state index in [-0.39, 0.29) is 0 Å². The minimum Gasteiger partial charge on any atom is -0.304 e. The van der Waals surface area contributed by atoms with Gasteiger partial charge in [0.25, 0.3) is 0 Å². The summed E-state index contributed by atoms with van der Waals surface area (Å²) >= 11 is 0. The monoisotopic (exact) mass is 128 g/mol. The molecule has 0 aliphatic heterocycles. The van der Waals surface area contributed by atoms with E-state index in [1.165, 1.54) is 0 Å². The molecule has 0 atom stereocenters. The second-order valence-corrected chi connectivity index (χ2v) is 1.46. The molecule has 0 saturated carbocycles. The molecule has 0 bridgehead atoms. The molecule has 0 aliphatic rings. The molecular weight excluding hydrogens is 112 g/mol. The third-order valence-corrected chi connectivity index (χ3v) is 0.806. The van der Waals surface area contributed by atoms with Crippen molar-refractivity contribution in [1.82, 2.24) is 0 Å². The highest BCUT2D eigenvalue weighted by molar-refractivity contribution is 6.38. The Morgan fingerprint density at radius 1 is 1.22 bits per heavy atom. The molecule has 0 aromatic carbocycles. The summed E-state index contributed by atoms with van der Waals surface area (Å²) < 4.78 is 0. The highest BCUT2D eigenvalue weighted by Crippen LogP contribution is 1.81. The van der Waals surface area contributed by atoms with E-state index in [9.17, 15) is 0 Å². The van der Waals surface area contributed by atoms with Crippen LogP contribution in [0, 0.1) is 10.8 Å². The second kappa shape index (κ2) is 7.34. The zero-order chi connectivity index (χ0) is 7.86. The van der Waals surface area contributed by atoms with Crippen molar-refractivity contribution >= 4 is 11.4 Å². The van der Waals surface area contributed by atoms with Gasteiger partial charge in [-0.05, 0) is 13.3 Å². The standard InChI is InChI=1S/C5H10N2.C2H6/c1-3-5(7)4(2)6;1-2/h6-7H,3H2,1-2H3;1-2H3. The number of nitrogens with one attached hydrogen (secondary N) is 2. The summed E-state index contributed by atoms with van der Waals surface area (Å²) in [7, 11) is 0. The molecule has 0 fully saturated rings. The molecule has 54 valence electrons. The van der Waals surface area contributed by atoms with Gasteiger partial charge in [0.15, 0.2) is 0 Å². The maximum atomic E-state index is 6.97. The quantitative estimate of drug-likeness (QED) is 0.537. The Bertz CT molecular complexity index is 95.1. The van der Waals surface area contributed by atoms with Gasteiger partial charge in [-0.25, -0.2) is 0 Å². The summed E-state index contributed by atoms with van der Waals surface area (Å²) in [5.74, 6) is 0. The molecule has 2 N–H and O–H groups in total. The Balaban J connectivity index is 0. The molecule has 0 spiro atoms. The number of rotatable bonds is 2. The van der Waals surface area contributed by atoms with E-state index < -0.39 is 0 Å². The van der Waals surface area contributed by atoms with Crippen LogP contribution in [0.4, 0.5) is 0 Å². The largest absolute Gasteiger partial charge is 0.304 e. The first kappa shape index (κ1) is 11.2. The zero-order valence-corrected chi connectivity index (χ0v) is 6.71. The van der Waals surface area contributed by atoms with E-state index in [4.69, 9.17) is 10.8 Å². The Morgan fingerprint density at radius 2 is 1.56 bits per heavy atom. The molecule has 2 nitrogen and oxygen atoms in total. The number of hydrogen-bond donors (Lipinski definition) is 2. The van der Waals surface area contributed by atoms with E-state index in [0.717, 1.165) is 0 Å². The maximum Gasteiger partial charge on any atom is 0.0515 e. The molecule has 0 rings (SSSR count). The predicted octanol–water partition coefficient (Wildman–Crippen LogP) is 2.48. The SMILES string of the molecule is CC.CCC(=N)C(C)=N. The molecule has 0 saturated heterocycles. The summed E-state index contributed by atoms with van der Waals surface area (Å²) in [5.41, 5.74) is 0.808. The third-order valence-electron chi connectivity index (χ3n) is 0.806. The van der Waals surface area contributed by atoms with Gasteiger partial charge in [0.2, 0.25) is 0 Å². The van der Waals surface area contributed by atoms with E-state index in [0.29, 0.717) is 17.8 Å². The lowest BCUT2D eigenvalue weighted by molar-refractivity contribution is 1.26. The molecule has 0 aromatic heterocycles. The molecule has 0 aromatic rings. The van der Waals surface area contributed by atoms with Crippen LogP contribution >= 0.6 is 0 Å². The van der Waals surface area contributed by atoms with Crippen molar-refractivity contribution < 1.29 is 0 Å². The normalized spacial score (nSPS) is 7.11. The van der Waals surface area contributed by atoms with Crippen molar-refractivity contribution in [2.75, 3.05) is 0 Å². The van der Waals surface area contributed by atoms with Crippen LogP contribution < -0.4 is 0 Å². The predicted molar refractivity (Wildman–Crippen MR) is 42.8 cm³/mol. The average molecular weight is 128 g/mol. The Hall–Kier alpha value is -0.660. The van der Waals surface area contributed by atoms with E-state index in [1.54, 1.807) is 6.92 Å². The fraction of sp³-hybridized carbons (Fsp3) is 0.714. The highest BCUT2D eigenvalue weighted by atomic mass is 14.5. The fourth-order valence-electron chi connectivity index (χ4n) is 0.265. The lowest BCUT2D eigenvalue weighted by Crippen LogP contribution is -2.03. The maximum absolute atomic E-state index is 6.97. The topological polar surface area (TPSA) is 47.7 Å². The van der Waals surface area contributed by atoms with Gasteiger partial charge in [-0.2, -0.15) is 0 Å². The average Bonchev–Trinajstić information content (AvgIpc) is 1.91. The van der Waals surface area contributed by atoms with Gasteiger partial charge >= 0.3 is 0 Å². The lowest BCUT2D eigenvalue weighted by Gasteiger charge is -1.90. The van der Waals surface area contributed by atoms with Crippen molar-refractivity contribution in [2.45, 2.75) is 34.1 Å². The molecular formula is C7H16N2. The van der Waals surface area contributed by atoms with Crippen molar-refractivity contribution in [1.29, 1.82) is 10.8 Å². The molecule has 0 radical (unpaired) electrons. The van der Waals surface area contributed by atoms with Crippen LogP contribution in [0.15, 0.2) is 0 Å². The van der Waals surface area contributed by atoms with E-state index >= 15 is 0 Å². The van der Waals surface area contributed by atoms with Gasteiger partial charge < -0.3 is 10.8 Å². The summed E-state index contributed by atoms with van der Waals surface area (Å²) in [5, 5.41) is 13.8. The van der Waals surface area contributed by atoms with Gasteiger partial charge in [0, 0.05) is 5.71 Å². The van der Waals surface area contributed by atoms with Crippen LogP contribution in [0.2, 0.25) is 0 Å². The van der Waals surface area contributed by atoms with Crippen LogP contribution in [0.5, 0.6) is 0 Å². The van der Waals surface area contributed by atoms with Crippen molar-refractivity contribution in [2.24, 2.45) is 0 Å². The van der Waals surface area contributed by atoms with Gasteiger partial charge in [-0.15, -0.1) is 0 Å². The summed E-state index contributed by atoms with van der Waals surface area (Å²) in [4.78, 5) is 0. The molecule has 2 heteroatoms. The third kappa shape index (κ3) is 7.34. The molecule has 0 unspecified atom stereocenters. The molecule has 0 heterocycles. The highest BCUT2D eigenvalue weighted by Gasteiger charge is 1.90. The zero-order valence-electron chi connectivity index (χ0n) is 6.71.